The third-order valence-electron chi connectivity index (χ3n) is 3.30. The van der Waals surface area contributed by atoms with Crippen molar-refractivity contribution in [3.8, 4) is 12.3 Å². The molecule has 0 amide bonds. The standard InChI is InChI=1S/C13H26O2Si/c1-7-9-12(14)10-8-11-15-16(5,6)13(2,3)4/h1,12,14H,8-11H2,2-6H3. The molecule has 0 aromatic heterocycles. The molecule has 0 saturated heterocycles. The van der Waals surface area contributed by atoms with Crippen molar-refractivity contribution < 1.29 is 9.53 Å². The lowest BCUT2D eigenvalue weighted by Crippen LogP contribution is -2.41. The minimum atomic E-state index is -1.62. The molecule has 0 radical (unpaired) electrons. The Morgan fingerprint density at radius 2 is 1.94 bits per heavy atom. The van der Waals surface area contributed by atoms with Gasteiger partial charge in [-0.1, -0.05) is 20.8 Å². The summed E-state index contributed by atoms with van der Waals surface area (Å²) < 4.78 is 6.00. The number of aliphatic hydroxyl groups is 1. The van der Waals surface area contributed by atoms with Crippen LogP contribution in [0.4, 0.5) is 0 Å². The van der Waals surface area contributed by atoms with E-state index in [-0.39, 0.29) is 11.1 Å². The van der Waals surface area contributed by atoms with E-state index in [1.54, 1.807) is 0 Å². The van der Waals surface area contributed by atoms with E-state index in [1.807, 2.05) is 0 Å². The second-order valence-electron chi connectivity index (χ2n) is 5.81. The fraction of sp³-hybridized carbons (Fsp3) is 0.846. The Morgan fingerprint density at radius 1 is 1.38 bits per heavy atom. The minimum Gasteiger partial charge on any atom is -0.417 e. The van der Waals surface area contributed by atoms with Gasteiger partial charge in [0.15, 0.2) is 8.32 Å². The first-order valence-corrected chi connectivity index (χ1v) is 8.87. The average Bonchev–Trinajstić information content (AvgIpc) is 2.11. The van der Waals surface area contributed by atoms with Gasteiger partial charge in [0.1, 0.15) is 0 Å². The van der Waals surface area contributed by atoms with Crippen molar-refractivity contribution in [1.29, 1.82) is 0 Å². The highest BCUT2D eigenvalue weighted by Gasteiger charge is 2.36. The summed E-state index contributed by atoms with van der Waals surface area (Å²) in [6.45, 7) is 11.9. The van der Waals surface area contributed by atoms with Crippen molar-refractivity contribution in [3.05, 3.63) is 0 Å². The molecule has 0 aliphatic carbocycles. The van der Waals surface area contributed by atoms with Crippen LogP contribution in [0.1, 0.15) is 40.0 Å². The molecule has 16 heavy (non-hydrogen) atoms. The Morgan fingerprint density at radius 3 is 2.38 bits per heavy atom. The van der Waals surface area contributed by atoms with Crippen LogP contribution in [-0.2, 0) is 4.43 Å². The van der Waals surface area contributed by atoms with E-state index in [1.165, 1.54) is 0 Å². The van der Waals surface area contributed by atoms with E-state index in [2.05, 4.69) is 39.8 Å². The molecule has 0 aliphatic heterocycles. The highest BCUT2D eigenvalue weighted by molar-refractivity contribution is 6.74. The first kappa shape index (κ1) is 15.7. The summed E-state index contributed by atoms with van der Waals surface area (Å²) in [5.41, 5.74) is 0. The van der Waals surface area contributed by atoms with Crippen molar-refractivity contribution in [2.45, 2.75) is 64.3 Å². The van der Waals surface area contributed by atoms with E-state index < -0.39 is 8.32 Å². The second kappa shape index (κ2) is 6.44. The zero-order chi connectivity index (χ0) is 12.8. The van der Waals surface area contributed by atoms with Gasteiger partial charge in [0, 0.05) is 13.0 Å². The maximum atomic E-state index is 9.45. The van der Waals surface area contributed by atoms with Crippen molar-refractivity contribution in [3.63, 3.8) is 0 Å². The Bertz CT molecular complexity index is 235. The fourth-order valence-corrected chi connectivity index (χ4v) is 2.19. The average molecular weight is 242 g/mol. The maximum absolute atomic E-state index is 9.45. The first-order chi connectivity index (χ1) is 7.20. The van der Waals surface area contributed by atoms with Gasteiger partial charge in [-0.3, -0.25) is 0 Å². The monoisotopic (exact) mass is 242 g/mol. The molecule has 0 aromatic carbocycles. The summed E-state index contributed by atoms with van der Waals surface area (Å²) in [4.78, 5) is 0. The SMILES string of the molecule is C#CCC(O)CCCO[Si](C)(C)C(C)(C)C. The van der Waals surface area contributed by atoms with Gasteiger partial charge in [-0.15, -0.1) is 12.3 Å². The zero-order valence-electron chi connectivity index (χ0n) is 11.3. The van der Waals surface area contributed by atoms with E-state index >= 15 is 0 Å². The Balaban J connectivity index is 3.79. The number of aliphatic hydroxyl groups excluding tert-OH is 1. The molecule has 0 rings (SSSR count). The summed E-state index contributed by atoms with van der Waals surface area (Å²) in [6, 6.07) is 0. The summed E-state index contributed by atoms with van der Waals surface area (Å²) in [5.74, 6) is 2.47. The molecule has 1 atom stereocenters. The van der Waals surface area contributed by atoms with Crippen LogP contribution in [0, 0.1) is 12.3 Å². The van der Waals surface area contributed by atoms with Gasteiger partial charge < -0.3 is 9.53 Å². The van der Waals surface area contributed by atoms with Crippen LogP contribution in [0.5, 0.6) is 0 Å². The molecule has 1 N–H and O–H groups in total. The molecule has 0 fully saturated rings. The first-order valence-electron chi connectivity index (χ1n) is 5.96. The van der Waals surface area contributed by atoms with Crippen molar-refractivity contribution >= 4 is 8.32 Å². The van der Waals surface area contributed by atoms with E-state index in [0.29, 0.717) is 6.42 Å². The lowest BCUT2D eigenvalue weighted by Gasteiger charge is -2.36. The molecule has 94 valence electrons. The van der Waals surface area contributed by atoms with E-state index in [0.717, 1.165) is 19.4 Å². The summed E-state index contributed by atoms with van der Waals surface area (Å²) in [7, 11) is -1.62. The van der Waals surface area contributed by atoms with Crippen molar-refractivity contribution in [1.82, 2.24) is 0 Å². The highest BCUT2D eigenvalue weighted by atomic mass is 28.4. The highest BCUT2D eigenvalue weighted by Crippen LogP contribution is 2.36. The topological polar surface area (TPSA) is 29.5 Å². The predicted octanol–water partition coefficient (Wildman–Crippen LogP) is 3.17. The zero-order valence-corrected chi connectivity index (χ0v) is 12.3. The summed E-state index contributed by atoms with van der Waals surface area (Å²) in [6.07, 6.45) is 6.82. The Kier molecular flexibility index (Phi) is 6.31. The Hall–Kier alpha value is -0.303. The summed E-state index contributed by atoms with van der Waals surface area (Å²) in [5, 5.41) is 9.71. The van der Waals surface area contributed by atoms with Crippen LogP contribution >= 0.6 is 0 Å². The van der Waals surface area contributed by atoms with Gasteiger partial charge in [0.25, 0.3) is 0 Å². The Labute approximate surface area is 102 Å². The number of terminal acetylenes is 1. The molecule has 0 heterocycles. The van der Waals surface area contributed by atoms with Crippen molar-refractivity contribution in [2.24, 2.45) is 0 Å². The molecule has 0 spiro atoms. The molecule has 3 heteroatoms. The smallest absolute Gasteiger partial charge is 0.191 e. The molecular weight excluding hydrogens is 216 g/mol. The van der Waals surface area contributed by atoms with Gasteiger partial charge >= 0.3 is 0 Å². The lowest BCUT2D eigenvalue weighted by atomic mass is 10.1. The van der Waals surface area contributed by atoms with Gasteiger partial charge in [-0.25, -0.2) is 0 Å². The van der Waals surface area contributed by atoms with Crippen LogP contribution < -0.4 is 0 Å². The molecule has 0 saturated carbocycles. The molecular formula is C13H26O2Si. The molecule has 0 aliphatic rings. The van der Waals surface area contributed by atoms with Crippen LogP contribution in [0.3, 0.4) is 0 Å². The van der Waals surface area contributed by atoms with Crippen LogP contribution in [0.25, 0.3) is 0 Å². The van der Waals surface area contributed by atoms with Crippen LogP contribution in [0.15, 0.2) is 0 Å². The van der Waals surface area contributed by atoms with E-state index in [4.69, 9.17) is 10.8 Å². The molecule has 1 unspecified atom stereocenters. The maximum Gasteiger partial charge on any atom is 0.191 e. The van der Waals surface area contributed by atoms with Crippen LogP contribution in [-0.4, -0.2) is 26.1 Å². The third kappa shape index (κ3) is 5.69. The van der Waals surface area contributed by atoms with Gasteiger partial charge in [-0.2, -0.15) is 0 Å². The third-order valence-corrected chi connectivity index (χ3v) is 7.84. The van der Waals surface area contributed by atoms with Gasteiger partial charge in [0.2, 0.25) is 0 Å². The molecule has 0 bridgehead atoms. The second-order valence-corrected chi connectivity index (χ2v) is 10.6. The number of hydrogen-bond acceptors (Lipinski definition) is 2. The molecule has 2 nitrogen and oxygen atoms in total. The largest absolute Gasteiger partial charge is 0.417 e. The minimum absolute atomic E-state index is 0.254. The fourth-order valence-electron chi connectivity index (χ4n) is 1.10. The predicted molar refractivity (Wildman–Crippen MR) is 71.8 cm³/mol. The van der Waals surface area contributed by atoms with Gasteiger partial charge in [-0.05, 0) is 31.0 Å². The van der Waals surface area contributed by atoms with Gasteiger partial charge in [0.05, 0.1) is 6.10 Å². The van der Waals surface area contributed by atoms with Crippen LogP contribution in [0.2, 0.25) is 18.1 Å². The number of rotatable bonds is 6. The summed E-state index contributed by atoms with van der Waals surface area (Å²) >= 11 is 0. The number of hydrogen-bond donors (Lipinski definition) is 1. The lowest BCUT2D eigenvalue weighted by molar-refractivity contribution is 0.155. The van der Waals surface area contributed by atoms with E-state index in [9.17, 15) is 5.11 Å². The quantitative estimate of drug-likeness (QED) is 0.440. The van der Waals surface area contributed by atoms with Crippen molar-refractivity contribution in [2.75, 3.05) is 6.61 Å². The molecule has 0 aromatic rings. The normalized spacial score (nSPS) is 14.6.